The molecule has 4 aromatic rings. The first-order valence-electron chi connectivity index (χ1n) is 13.7. The zero-order valence-corrected chi connectivity index (χ0v) is 24.6. The Kier molecular flexibility index (Phi) is 9.92. The van der Waals surface area contributed by atoms with E-state index in [0.717, 1.165) is 19.3 Å². The number of benzene rings is 2. The fraction of sp³-hybridized carbons (Fsp3) is 0.414. The van der Waals surface area contributed by atoms with Gasteiger partial charge < -0.3 is 19.6 Å². The van der Waals surface area contributed by atoms with Crippen molar-refractivity contribution in [2.45, 2.75) is 63.5 Å². The van der Waals surface area contributed by atoms with Gasteiger partial charge in [0, 0.05) is 13.5 Å². The number of aliphatic hydroxyl groups is 1. The number of nitrogens with one attached hydrogen (secondary N) is 2. The van der Waals surface area contributed by atoms with Gasteiger partial charge in [-0.05, 0) is 44.0 Å². The van der Waals surface area contributed by atoms with Crippen molar-refractivity contribution in [1.82, 2.24) is 24.3 Å². The monoisotopic (exact) mass is 583 g/mol. The summed E-state index contributed by atoms with van der Waals surface area (Å²) in [5.74, 6) is 1.17. The number of sulfonamides is 1. The second-order valence-electron chi connectivity index (χ2n) is 9.76. The number of aliphatic hydroxyl groups excluding tert-OH is 1. The number of aromatic amines is 1. The minimum atomic E-state index is -4.15. The molecular formula is C29H37N5O6S. The van der Waals surface area contributed by atoms with Gasteiger partial charge in [0.1, 0.15) is 11.6 Å². The normalized spacial score (nSPS) is 13.4. The van der Waals surface area contributed by atoms with Crippen molar-refractivity contribution in [2.75, 3.05) is 20.3 Å². The van der Waals surface area contributed by atoms with Gasteiger partial charge in [0.05, 0.1) is 41.5 Å². The molecule has 0 fully saturated rings. The number of fused-ring (bicyclic) bond motifs is 1. The Morgan fingerprint density at radius 2 is 1.88 bits per heavy atom. The minimum absolute atomic E-state index is 0.0640. The molecule has 0 amide bonds. The first kappa shape index (κ1) is 30.4. The van der Waals surface area contributed by atoms with Gasteiger partial charge in [0.15, 0.2) is 11.3 Å². The molecule has 4 rings (SSSR count). The first-order valence-corrected chi connectivity index (χ1v) is 15.2. The molecule has 0 aliphatic carbocycles. The van der Waals surface area contributed by atoms with Gasteiger partial charge in [-0.25, -0.2) is 22.6 Å². The molecule has 220 valence electrons. The molecule has 0 aliphatic heterocycles. The van der Waals surface area contributed by atoms with E-state index in [1.54, 1.807) is 42.6 Å². The van der Waals surface area contributed by atoms with Crippen LogP contribution in [0.1, 0.15) is 56.3 Å². The zero-order valence-electron chi connectivity index (χ0n) is 23.8. The molecule has 1 unspecified atom stereocenters. The SMILES string of the molecule is CCCCCc1nc(C)c2c(=O)[nH]c(-c3cc(S(=O)(=O)NC(COC)[C@@H](O)c4ccccc4)ccc3OCC)nn12. The molecule has 0 saturated carbocycles. The van der Waals surface area contributed by atoms with Gasteiger partial charge in [-0.1, -0.05) is 50.1 Å². The van der Waals surface area contributed by atoms with E-state index in [-0.39, 0.29) is 22.9 Å². The Bertz CT molecular complexity index is 1630. The van der Waals surface area contributed by atoms with Crippen molar-refractivity contribution in [3.63, 3.8) is 0 Å². The quantitative estimate of drug-likeness (QED) is 0.191. The van der Waals surface area contributed by atoms with Crippen LogP contribution < -0.4 is 15.0 Å². The molecule has 0 radical (unpaired) electrons. The number of aromatic nitrogens is 4. The van der Waals surface area contributed by atoms with E-state index in [1.165, 1.54) is 25.3 Å². The summed E-state index contributed by atoms with van der Waals surface area (Å²) in [5, 5.41) is 15.6. The van der Waals surface area contributed by atoms with Gasteiger partial charge in [-0.15, -0.1) is 5.10 Å². The van der Waals surface area contributed by atoms with Gasteiger partial charge in [0.2, 0.25) is 10.0 Å². The third-order valence-corrected chi connectivity index (χ3v) is 8.23. The number of nitrogens with zero attached hydrogens (tertiary/aromatic N) is 3. The maximum atomic E-state index is 13.6. The number of imidazole rings is 1. The zero-order chi connectivity index (χ0) is 29.6. The highest BCUT2D eigenvalue weighted by atomic mass is 32.2. The molecule has 2 aromatic carbocycles. The molecule has 2 atom stereocenters. The van der Waals surface area contributed by atoms with Crippen molar-refractivity contribution in [2.24, 2.45) is 0 Å². The van der Waals surface area contributed by atoms with Crippen LogP contribution in [0.3, 0.4) is 0 Å². The van der Waals surface area contributed by atoms with E-state index in [1.807, 2.05) is 6.07 Å². The second-order valence-corrected chi connectivity index (χ2v) is 11.5. The van der Waals surface area contributed by atoms with Crippen LogP contribution in [0.2, 0.25) is 0 Å². The van der Waals surface area contributed by atoms with E-state index in [9.17, 15) is 18.3 Å². The number of rotatable bonds is 14. The van der Waals surface area contributed by atoms with Crippen molar-refractivity contribution < 1.29 is 23.0 Å². The number of hydrogen-bond donors (Lipinski definition) is 3. The van der Waals surface area contributed by atoms with Gasteiger partial charge in [0.25, 0.3) is 5.56 Å². The smallest absolute Gasteiger partial charge is 0.277 e. The van der Waals surface area contributed by atoms with E-state index in [0.29, 0.717) is 46.9 Å². The summed E-state index contributed by atoms with van der Waals surface area (Å²) in [6.07, 6.45) is 2.47. The number of unbranched alkanes of at least 4 members (excludes halogenated alkanes) is 2. The summed E-state index contributed by atoms with van der Waals surface area (Å²) in [5.41, 5.74) is 1.38. The second kappa shape index (κ2) is 13.4. The van der Waals surface area contributed by atoms with Crippen LogP contribution in [0.5, 0.6) is 5.75 Å². The molecule has 3 N–H and O–H groups in total. The van der Waals surface area contributed by atoms with Crippen LogP contribution in [0, 0.1) is 6.92 Å². The van der Waals surface area contributed by atoms with Gasteiger partial charge in [-0.3, -0.25) is 4.79 Å². The van der Waals surface area contributed by atoms with Crippen LogP contribution >= 0.6 is 0 Å². The standard InChI is InChI=1S/C29H37N5O6S/c1-5-7-9-14-25-30-19(3)26-29(36)31-28(32-34(25)26)22-17-21(15-16-24(22)40-6-2)41(37,38)33-23(18-39-4)27(35)20-12-10-8-11-13-20/h8,10-13,15-17,23,27,33,35H,5-7,9,14,18H2,1-4H3,(H,31,32,36)/t23?,27-/m0/s1. The minimum Gasteiger partial charge on any atom is -0.493 e. The van der Waals surface area contributed by atoms with Crippen molar-refractivity contribution in [1.29, 1.82) is 0 Å². The molecule has 12 heteroatoms. The fourth-order valence-electron chi connectivity index (χ4n) is 4.71. The van der Waals surface area contributed by atoms with Crippen LogP contribution in [0.4, 0.5) is 0 Å². The maximum absolute atomic E-state index is 13.6. The number of ether oxygens (including phenoxy) is 2. The van der Waals surface area contributed by atoms with E-state index in [2.05, 4.69) is 26.7 Å². The maximum Gasteiger partial charge on any atom is 0.277 e. The summed E-state index contributed by atoms with van der Waals surface area (Å²) >= 11 is 0. The Hall–Kier alpha value is -3.58. The lowest BCUT2D eigenvalue weighted by Crippen LogP contribution is -2.42. The summed E-state index contributed by atoms with van der Waals surface area (Å²) < 4.78 is 42.2. The van der Waals surface area contributed by atoms with Crippen LogP contribution in [-0.4, -0.2) is 59.5 Å². The topological polar surface area (TPSA) is 148 Å². The lowest BCUT2D eigenvalue weighted by Gasteiger charge is -2.24. The van der Waals surface area contributed by atoms with Gasteiger partial charge in [-0.2, -0.15) is 0 Å². The molecule has 2 aromatic heterocycles. The predicted octanol–water partition coefficient (Wildman–Crippen LogP) is 3.55. The molecule has 0 bridgehead atoms. The number of H-pyrrole nitrogens is 1. The van der Waals surface area contributed by atoms with Crippen LogP contribution in [0.25, 0.3) is 16.9 Å². The number of hydrogen-bond acceptors (Lipinski definition) is 8. The fourth-order valence-corrected chi connectivity index (χ4v) is 5.97. The average Bonchev–Trinajstić information content (AvgIpc) is 3.28. The molecule has 0 spiro atoms. The molecule has 0 saturated heterocycles. The van der Waals surface area contributed by atoms with Crippen LogP contribution in [-0.2, 0) is 21.2 Å². The highest BCUT2D eigenvalue weighted by Crippen LogP contribution is 2.31. The Morgan fingerprint density at radius 1 is 1.12 bits per heavy atom. The highest BCUT2D eigenvalue weighted by molar-refractivity contribution is 7.89. The first-order chi connectivity index (χ1) is 19.7. The van der Waals surface area contributed by atoms with Gasteiger partial charge >= 0.3 is 0 Å². The summed E-state index contributed by atoms with van der Waals surface area (Å²) in [4.78, 5) is 20.4. The van der Waals surface area contributed by atoms with E-state index in [4.69, 9.17) is 9.47 Å². The van der Waals surface area contributed by atoms with Crippen LogP contribution in [0.15, 0.2) is 58.2 Å². The van der Waals surface area contributed by atoms with E-state index < -0.39 is 22.2 Å². The molecular weight excluding hydrogens is 546 g/mol. The molecule has 2 heterocycles. The Labute approximate surface area is 239 Å². The highest BCUT2D eigenvalue weighted by Gasteiger charge is 2.28. The third kappa shape index (κ3) is 6.84. The largest absolute Gasteiger partial charge is 0.493 e. The number of methoxy groups -OCH3 is 1. The molecule has 11 nitrogen and oxygen atoms in total. The predicted molar refractivity (Wildman–Crippen MR) is 156 cm³/mol. The summed E-state index contributed by atoms with van der Waals surface area (Å²) in [6.45, 7) is 5.93. The lowest BCUT2D eigenvalue weighted by molar-refractivity contribution is 0.0800. The Morgan fingerprint density at radius 3 is 2.56 bits per heavy atom. The Balaban J connectivity index is 1.76. The molecule has 0 aliphatic rings. The average molecular weight is 584 g/mol. The van der Waals surface area contributed by atoms with E-state index >= 15 is 0 Å². The van der Waals surface area contributed by atoms with Crippen molar-refractivity contribution in [3.05, 3.63) is 76.0 Å². The molecule has 41 heavy (non-hydrogen) atoms. The van der Waals surface area contributed by atoms with Crippen molar-refractivity contribution in [3.8, 4) is 17.1 Å². The lowest BCUT2D eigenvalue weighted by atomic mass is 10.0. The van der Waals surface area contributed by atoms with Crippen molar-refractivity contribution >= 4 is 15.5 Å². The third-order valence-electron chi connectivity index (χ3n) is 6.74. The summed E-state index contributed by atoms with van der Waals surface area (Å²) in [6, 6.07) is 12.1. The number of aryl methyl sites for hydroxylation is 2. The summed E-state index contributed by atoms with van der Waals surface area (Å²) in [7, 11) is -2.72.